The summed E-state index contributed by atoms with van der Waals surface area (Å²) in [6.07, 6.45) is 1.18. The predicted octanol–water partition coefficient (Wildman–Crippen LogP) is 3.50. The monoisotopic (exact) mass is 327 g/mol. The van der Waals surface area contributed by atoms with E-state index in [0.29, 0.717) is 5.58 Å². The largest absolute Gasteiger partial charge is 0.463 e. The zero-order valence-corrected chi connectivity index (χ0v) is 12.0. The van der Waals surface area contributed by atoms with E-state index in [1.165, 1.54) is 48.7 Å². The molecule has 3 aromatic rings. The van der Waals surface area contributed by atoms with Crippen LogP contribution in [0.25, 0.3) is 11.0 Å². The van der Waals surface area contributed by atoms with E-state index >= 15 is 0 Å². The van der Waals surface area contributed by atoms with Gasteiger partial charge < -0.3 is 9.73 Å². The zero-order chi connectivity index (χ0) is 17.3. The molecule has 2 aromatic carbocycles. The summed E-state index contributed by atoms with van der Waals surface area (Å²) in [6, 6.07) is 9.35. The van der Waals surface area contributed by atoms with Gasteiger partial charge in [-0.3, -0.25) is 25.0 Å². The van der Waals surface area contributed by atoms with Gasteiger partial charge in [0.15, 0.2) is 0 Å². The fourth-order valence-corrected chi connectivity index (χ4v) is 2.20. The molecular formula is C15H9N3O6. The average molecular weight is 327 g/mol. The number of rotatable bonds is 4. The summed E-state index contributed by atoms with van der Waals surface area (Å²) >= 11 is 0. The standard InChI is InChI=1S/C15H9N3O6/c19-15(16-9-2-1-3-10(6-9)17(20)21)13-8-24-14-5-4-11(18(22)23)7-12(13)14/h1-8H,(H,16,19). The molecule has 0 aliphatic heterocycles. The van der Waals surface area contributed by atoms with Crippen molar-refractivity contribution in [3.05, 3.63) is 74.5 Å². The van der Waals surface area contributed by atoms with Crippen LogP contribution in [0.4, 0.5) is 17.1 Å². The lowest BCUT2D eigenvalue weighted by molar-refractivity contribution is -0.384. The molecule has 9 heteroatoms. The van der Waals surface area contributed by atoms with Crippen LogP contribution in [0.2, 0.25) is 0 Å². The molecule has 0 aliphatic rings. The van der Waals surface area contributed by atoms with Gasteiger partial charge in [-0.05, 0) is 12.1 Å². The first-order chi connectivity index (χ1) is 11.5. The summed E-state index contributed by atoms with van der Waals surface area (Å²) in [4.78, 5) is 32.8. The Hall–Kier alpha value is -3.75. The van der Waals surface area contributed by atoms with E-state index in [9.17, 15) is 25.0 Å². The van der Waals surface area contributed by atoms with Crippen molar-refractivity contribution in [2.24, 2.45) is 0 Å². The van der Waals surface area contributed by atoms with Crippen LogP contribution in [-0.4, -0.2) is 15.8 Å². The Morgan fingerprint density at radius 1 is 1.00 bits per heavy atom. The second-order valence-electron chi connectivity index (χ2n) is 4.85. The Kier molecular flexibility index (Phi) is 3.66. The van der Waals surface area contributed by atoms with Crippen LogP contribution >= 0.6 is 0 Å². The number of nitro groups is 2. The van der Waals surface area contributed by atoms with Crippen molar-refractivity contribution in [3.8, 4) is 0 Å². The maximum Gasteiger partial charge on any atom is 0.271 e. The van der Waals surface area contributed by atoms with Crippen LogP contribution in [0.3, 0.4) is 0 Å². The van der Waals surface area contributed by atoms with Gasteiger partial charge in [0.25, 0.3) is 17.3 Å². The highest BCUT2D eigenvalue weighted by Crippen LogP contribution is 2.27. The molecule has 1 heterocycles. The molecule has 0 spiro atoms. The number of amides is 1. The molecule has 1 aromatic heterocycles. The van der Waals surface area contributed by atoms with Gasteiger partial charge in [0.2, 0.25) is 0 Å². The first-order valence-corrected chi connectivity index (χ1v) is 6.67. The molecule has 0 bridgehead atoms. The third kappa shape index (κ3) is 2.77. The Bertz CT molecular complexity index is 978. The smallest absolute Gasteiger partial charge is 0.271 e. The van der Waals surface area contributed by atoms with Crippen molar-refractivity contribution in [1.29, 1.82) is 0 Å². The van der Waals surface area contributed by atoms with E-state index in [-0.39, 0.29) is 28.0 Å². The number of nitrogens with zero attached hydrogens (tertiary/aromatic N) is 2. The summed E-state index contributed by atoms with van der Waals surface area (Å²) in [5.41, 5.74) is 0.313. The summed E-state index contributed by atoms with van der Waals surface area (Å²) in [5.74, 6) is -0.588. The van der Waals surface area contributed by atoms with Gasteiger partial charge in [-0.1, -0.05) is 6.07 Å². The number of furan rings is 1. The molecule has 1 amide bonds. The van der Waals surface area contributed by atoms with Crippen LogP contribution in [0.1, 0.15) is 10.4 Å². The number of hydrogen-bond donors (Lipinski definition) is 1. The third-order valence-electron chi connectivity index (χ3n) is 3.33. The third-order valence-corrected chi connectivity index (χ3v) is 3.33. The summed E-state index contributed by atoms with van der Waals surface area (Å²) in [5, 5.41) is 24.4. The number of carbonyl (C=O) groups is 1. The molecule has 9 nitrogen and oxygen atoms in total. The van der Waals surface area contributed by atoms with Gasteiger partial charge in [-0.25, -0.2) is 0 Å². The predicted molar refractivity (Wildman–Crippen MR) is 83.9 cm³/mol. The minimum absolute atomic E-state index is 0.0974. The highest BCUT2D eigenvalue weighted by Gasteiger charge is 2.18. The quantitative estimate of drug-likeness (QED) is 0.576. The Labute approximate surface area is 133 Å². The van der Waals surface area contributed by atoms with Crippen LogP contribution < -0.4 is 5.32 Å². The van der Waals surface area contributed by atoms with Crippen LogP contribution in [0, 0.1) is 20.2 Å². The van der Waals surface area contributed by atoms with Crippen molar-refractivity contribution in [2.45, 2.75) is 0 Å². The molecule has 120 valence electrons. The highest BCUT2D eigenvalue weighted by atomic mass is 16.6. The van der Waals surface area contributed by atoms with E-state index in [1.54, 1.807) is 0 Å². The van der Waals surface area contributed by atoms with E-state index in [0.717, 1.165) is 0 Å². The Morgan fingerprint density at radius 2 is 1.71 bits per heavy atom. The molecule has 24 heavy (non-hydrogen) atoms. The van der Waals surface area contributed by atoms with Gasteiger partial charge in [-0.2, -0.15) is 0 Å². The van der Waals surface area contributed by atoms with Crippen molar-refractivity contribution >= 4 is 33.9 Å². The summed E-state index contributed by atoms with van der Waals surface area (Å²) in [6.45, 7) is 0. The summed E-state index contributed by atoms with van der Waals surface area (Å²) < 4.78 is 5.21. The minimum atomic E-state index is -0.588. The molecule has 0 saturated heterocycles. The number of nitro benzene ring substituents is 2. The number of carbonyl (C=O) groups excluding carboxylic acids is 1. The molecule has 0 unspecified atom stereocenters. The number of non-ortho nitro benzene ring substituents is 2. The van der Waals surface area contributed by atoms with E-state index in [1.807, 2.05) is 0 Å². The normalized spacial score (nSPS) is 10.5. The van der Waals surface area contributed by atoms with Crippen LogP contribution in [0.5, 0.6) is 0 Å². The Balaban J connectivity index is 1.94. The van der Waals surface area contributed by atoms with Gasteiger partial charge in [0.05, 0.1) is 15.4 Å². The number of benzene rings is 2. The molecule has 0 radical (unpaired) electrons. The van der Waals surface area contributed by atoms with Crippen LogP contribution in [-0.2, 0) is 0 Å². The molecule has 0 saturated carbocycles. The zero-order valence-electron chi connectivity index (χ0n) is 12.0. The lowest BCUT2D eigenvalue weighted by Crippen LogP contribution is -2.11. The first-order valence-electron chi connectivity index (χ1n) is 6.67. The topological polar surface area (TPSA) is 129 Å². The second kappa shape index (κ2) is 5.80. The lowest BCUT2D eigenvalue weighted by atomic mass is 10.1. The SMILES string of the molecule is O=C(Nc1cccc([N+](=O)[O-])c1)c1coc2ccc([N+](=O)[O-])cc12. The van der Waals surface area contributed by atoms with Crippen molar-refractivity contribution in [1.82, 2.24) is 0 Å². The van der Waals surface area contributed by atoms with Crippen molar-refractivity contribution in [3.63, 3.8) is 0 Å². The molecule has 0 fully saturated rings. The van der Waals surface area contributed by atoms with Gasteiger partial charge in [0, 0.05) is 35.3 Å². The Morgan fingerprint density at radius 3 is 2.42 bits per heavy atom. The molecule has 0 atom stereocenters. The van der Waals surface area contributed by atoms with Crippen molar-refractivity contribution in [2.75, 3.05) is 5.32 Å². The minimum Gasteiger partial charge on any atom is -0.463 e. The van der Waals surface area contributed by atoms with Gasteiger partial charge in [-0.15, -0.1) is 0 Å². The van der Waals surface area contributed by atoms with Gasteiger partial charge >= 0.3 is 0 Å². The highest BCUT2D eigenvalue weighted by molar-refractivity contribution is 6.12. The number of anilines is 1. The number of hydrogen-bond acceptors (Lipinski definition) is 6. The number of fused-ring (bicyclic) bond motifs is 1. The van der Waals surface area contributed by atoms with Crippen molar-refractivity contribution < 1.29 is 19.1 Å². The van der Waals surface area contributed by atoms with Gasteiger partial charge in [0.1, 0.15) is 11.8 Å². The molecule has 3 rings (SSSR count). The maximum absolute atomic E-state index is 12.3. The fraction of sp³-hybridized carbons (Fsp3) is 0. The van der Waals surface area contributed by atoms with E-state index in [4.69, 9.17) is 4.42 Å². The van der Waals surface area contributed by atoms with E-state index in [2.05, 4.69) is 5.32 Å². The average Bonchev–Trinajstić information content (AvgIpc) is 2.98. The summed E-state index contributed by atoms with van der Waals surface area (Å²) in [7, 11) is 0. The maximum atomic E-state index is 12.3. The number of nitrogens with one attached hydrogen (secondary N) is 1. The lowest BCUT2D eigenvalue weighted by Gasteiger charge is -2.03. The van der Waals surface area contributed by atoms with Crippen LogP contribution in [0.15, 0.2) is 53.1 Å². The molecule has 0 aliphatic carbocycles. The fourth-order valence-electron chi connectivity index (χ4n) is 2.20. The first kappa shape index (κ1) is 15.2. The molecule has 1 N–H and O–H groups in total. The second-order valence-corrected chi connectivity index (χ2v) is 4.85. The molecular weight excluding hydrogens is 318 g/mol. The van der Waals surface area contributed by atoms with E-state index < -0.39 is 15.8 Å².